The average molecular weight is 445 g/mol. The number of phenols is 1. The van der Waals surface area contributed by atoms with Crippen molar-refractivity contribution in [3.63, 3.8) is 0 Å². The highest BCUT2D eigenvalue weighted by atomic mass is 16.5. The van der Waals surface area contributed by atoms with Crippen molar-refractivity contribution in [2.45, 2.75) is 155 Å². The van der Waals surface area contributed by atoms with E-state index < -0.39 is 0 Å². The minimum Gasteiger partial charge on any atom is -0.507 e. The van der Waals surface area contributed by atoms with Crippen LogP contribution in [0.3, 0.4) is 0 Å². The predicted molar refractivity (Wildman–Crippen MR) is 139 cm³/mol. The van der Waals surface area contributed by atoms with Crippen LogP contribution in [0.5, 0.6) is 11.5 Å². The highest BCUT2D eigenvalue weighted by Crippen LogP contribution is 2.42. The molecule has 0 aliphatic carbocycles. The monoisotopic (exact) mass is 444 g/mol. The lowest BCUT2D eigenvalue weighted by Crippen LogP contribution is -2.36. The van der Waals surface area contributed by atoms with Crippen LogP contribution in [0.4, 0.5) is 0 Å². The Morgan fingerprint density at radius 1 is 0.781 bits per heavy atom. The molecule has 0 amide bonds. The van der Waals surface area contributed by atoms with Crippen molar-refractivity contribution in [1.29, 1.82) is 0 Å². The molecule has 1 N–H and O–H groups in total. The smallest absolute Gasteiger partial charge is 0.124 e. The third-order valence-corrected chi connectivity index (χ3v) is 7.61. The largest absolute Gasteiger partial charge is 0.507 e. The summed E-state index contributed by atoms with van der Waals surface area (Å²) in [7, 11) is 0. The molecule has 2 rings (SSSR count). The molecule has 2 heteroatoms. The quantitative estimate of drug-likeness (QED) is 0.242. The molecule has 1 atom stereocenters. The van der Waals surface area contributed by atoms with Crippen molar-refractivity contribution in [3.8, 4) is 11.5 Å². The molecule has 1 aliphatic rings. The lowest BCUT2D eigenvalue weighted by atomic mass is 9.85. The predicted octanol–water partition coefficient (Wildman–Crippen LogP) is 9.47. The number of hydrogen-bond donors (Lipinski definition) is 1. The summed E-state index contributed by atoms with van der Waals surface area (Å²) < 4.78 is 6.56. The van der Waals surface area contributed by atoms with E-state index in [1.807, 2.05) is 0 Å². The first-order valence-electron chi connectivity index (χ1n) is 14.1. The Bertz CT molecular complexity index is 651. The van der Waals surface area contributed by atoms with E-state index in [9.17, 15) is 5.11 Å². The van der Waals surface area contributed by atoms with Crippen LogP contribution in [0.15, 0.2) is 6.07 Å². The van der Waals surface area contributed by atoms with Gasteiger partial charge in [-0.3, -0.25) is 0 Å². The summed E-state index contributed by atoms with van der Waals surface area (Å²) >= 11 is 0. The van der Waals surface area contributed by atoms with E-state index in [-0.39, 0.29) is 5.60 Å². The van der Waals surface area contributed by atoms with Crippen LogP contribution in [0.1, 0.15) is 147 Å². The summed E-state index contributed by atoms with van der Waals surface area (Å²) in [5, 5.41) is 10.6. The van der Waals surface area contributed by atoms with Gasteiger partial charge in [-0.1, -0.05) is 104 Å². The fourth-order valence-electron chi connectivity index (χ4n) is 5.39. The molecule has 0 radical (unpaired) electrons. The second-order valence-corrected chi connectivity index (χ2v) is 10.4. The van der Waals surface area contributed by atoms with Gasteiger partial charge in [0.15, 0.2) is 0 Å². The number of hydrogen-bond acceptors (Lipinski definition) is 2. The Hall–Kier alpha value is -1.18. The molecule has 0 spiro atoms. The number of phenolic OH excluding ortho intramolecular Hbond substituents is 1. The van der Waals surface area contributed by atoms with E-state index in [4.69, 9.17) is 4.74 Å². The molecule has 1 aromatic rings. The van der Waals surface area contributed by atoms with E-state index in [1.165, 1.54) is 95.5 Å². The third kappa shape index (κ3) is 8.64. The average Bonchev–Trinajstić information content (AvgIpc) is 2.79. The molecular formula is C30H52O2. The molecule has 1 aromatic carbocycles. The van der Waals surface area contributed by atoms with Gasteiger partial charge in [0.2, 0.25) is 0 Å². The van der Waals surface area contributed by atoms with E-state index in [0.29, 0.717) is 5.75 Å². The summed E-state index contributed by atoms with van der Waals surface area (Å²) in [5.74, 6) is 1.54. The lowest BCUT2D eigenvalue weighted by molar-refractivity contribution is 0.0529. The molecule has 0 saturated carbocycles. The zero-order chi connectivity index (χ0) is 23.2. The summed E-state index contributed by atoms with van der Waals surface area (Å²) in [6, 6.07) is 2.10. The number of aromatic hydroxyl groups is 1. The van der Waals surface area contributed by atoms with Gasteiger partial charge in [-0.05, 0) is 57.1 Å². The maximum Gasteiger partial charge on any atom is 0.124 e. The minimum atomic E-state index is -0.0445. The zero-order valence-corrected chi connectivity index (χ0v) is 21.9. The molecule has 1 heterocycles. The Morgan fingerprint density at radius 2 is 1.31 bits per heavy atom. The van der Waals surface area contributed by atoms with Gasteiger partial charge in [-0.25, -0.2) is 0 Å². The zero-order valence-electron chi connectivity index (χ0n) is 21.9. The van der Waals surface area contributed by atoms with Crippen molar-refractivity contribution in [2.75, 3.05) is 0 Å². The van der Waals surface area contributed by atoms with Crippen LogP contribution in [-0.4, -0.2) is 10.7 Å². The van der Waals surface area contributed by atoms with Crippen LogP contribution in [0, 0.1) is 0 Å². The second kappa shape index (κ2) is 14.9. The van der Waals surface area contributed by atoms with E-state index in [2.05, 4.69) is 33.8 Å². The van der Waals surface area contributed by atoms with Crippen LogP contribution < -0.4 is 4.74 Å². The van der Waals surface area contributed by atoms with Gasteiger partial charge in [0.25, 0.3) is 0 Å². The molecule has 2 nitrogen and oxygen atoms in total. The Kier molecular flexibility index (Phi) is 12.6. The van der Waals surface area contributed by atoms with Gasteiger partial charge in [0, 0.05) is 11.1 Å². The van der Waals surface area contributed by atoms with Crippen molar-refractivity contribution in [2.24, 2.45) is 0 Å². The van der Waals surface area contributed by atoms with E-state index in [1.54, 1.807) is 0 Å². The summed E-state index contributed by atoms with van der Waals surface area (Å²) in [6.45, 7) is 8.83. The number of aryl methyl sites for hydroxylation is 1. The van der Waals surface area contributed by atoms with Crippen molar-refractivity contribution in [1.82, 2.24) is 0 Å². The van der Waals surface area contributed by atoms with Crippen molar-refractivity contribution in [3.05, 3.63) is 22.8 Å². The van der Waals surface area contributed by atoms with Gasteiger partial charge in [0.1, 0.15) is 17.1 Å². The molecule has 32 heavy (non-hydrogen) atoms. The van der Waals surface area contributed by atoms with Crippen molar-refractivity contribution >= 4 is 0 Å². The highest BCUT2D eigenvalue weighted by molar-refractivity contribution is 5.54. The fourth-order valence-corrected chi connectivity index (χ4v) is 5.39. The molecule has 184 valence electrons. The molecule has 0 saturated heterocycles. The molecular weight excluding hydrogens is 392 g/mol. The fraction of sp³-hybridized carbons (Fsp3) is 0.800. The van der Waals surface area contributed by atoms with Crippen molar-refractivity contribution < 1.29 is 9.84 Å². The number of rotatable bonds is 17. The molecule has 0 fully saturated rings. The first kappa shape index (κ1) is 27.1. The number of unbranched alkanes of at least 4 members (excludes halogenated alkanes) is 13. The first-order chi connectivity index (χ1) is 15.5. The van der Waals surface area contributed by atoms with Crippen LogP contribution >= 0.6 is 0 Å². The van der Waals surface area contributed by atoms with Gasteiger partial charge in [-0.15, -0.1) is 0 Å². The maximum absolute atomic E-state index is 10.6. The minimum absolute atomic E-state index is 0.0445. The van der Waals surface area contributed by atoms with E-state index >= 15 is 0 Å². The number of ether oxygens (including phenoxy) is 1. The maximum atomic E-state index is 10.6. The number of fused-ring (bicyclic) bond motifs is 1. The summed E-state index contributed by atoms with van der Waals surface area (Å²) in [5.41, 5.74) is 3.34. The van der Waals surface area contributed by atoms with Crippen LogP contribution in [0.2, 0.25) is 0 Å². The normalized spacial score (nSPS) is 17.9. The molecule has 0 bridgehead atoms. The highest BCUT2D eigenvalue weighted by Gasteiger charge is 2.33. The Morgan fingerprint density at radius 3 is 1.81 bits per heavy atom. The van der Waals surface area contributed by atoms with Gasteiger partial charge >= 0.3 is 0 Å². The van der Waals surface area contributed by atoms with Gasteiger partial charge in [-0.2, -0.15) is 0 Å². The SMILES string of the molecule is CCCCCCCCCCCCCCCCC1(C)CCc2c(cc(CC)c(O)c2CC)O1. The van der Waals surface area contributed by atoms with Gasteiger partial charge < -0.3 is 9.84 Å². The summed E-state index contributed by atoms with van der Waals surface area (Å²) in [4.78, 5) is 0. The standard InChI is InChI=1S/C30H52O2/c1-5-8-9-10-11-12-13-14-15-16-17-18-19-20-22-30(4)23-21-27-26(7-3)29(31)25(6-2)24-28(27)32-30/h24,31H,5-23H2,1-4H3. The second-order valence-electron chi connectivity index (χ2n) is 10.4. The molecule has 0 aromatic heterocycles. The molecule has 1 unspecified atom stereocenters. The van der Waals surface area contributed by atoms with Gasteiger partial charge in [0.05, 0.1) is 0 Å². The summed E-state index contributed by atoms with van der Waals surface area (Å²) in [6.07, 6.45) is 24.6. The molecule has 1 aliphatic heterocycles. The van der Waals surface area contributed by atoms with Crippen LogP contribution in [0.25, 0.3) is 0 Å². The number of benzene rings is 1. The topological polar surface area (TPSA) is 29.5 Å². The van der Waals surface area contributed by atoms with E-state index in [0.717, 1.165) is 49.0 Å². The third-order valence-electron chi connectivity index (χ3n) is 7.61. The first-order valence-corrected chi connectivity index (χ1v) is 14.1. The van der Waals surface area contributed by atoms with Crippen LogP contribution in [-0.2, 0) is 19.3 Å². The lowest BCUT2D eigenvalue weighted by Gasteiger charge is -2.37. The Balaban J connectivity index is 1.59. The Labute approximate surface area is 199 Å².